The summed E-state index contributed by atoms with van der Waals surface area (Å²) in [6.07, 6.45) is 8.37. The second-order valence-electron chi connectivity index (χ2n) is 13.5. The molecule has 1 heterocycles. The van der Waals surface area contributed by atoms with Crippen molar-refractivity contribution in [3.05, 3.63) is 25.3 Å². The Balaban J connectivity index is 1.83. The molecule has 2 aliphatic carbocycles. The van der Waals surface area contributed by atoms with Crippen molar-refractivity contribution in [1.82, 2.24) is 20.9 Å². The highest BCUT2D eigenvalue weighted by atomic mass is 16.6. The van der Waals surface area contributed by atoms with Gasteiger partial charge in [0.15, 0.2) is 0 Å². The van der Waals surface area contributed by atoms with Crippen molar-refractivity contribution < 1.29 is 28.7 Å². The van der Waals surface area contributed by atoms with Crippen LogP contribution in [0.15, 0.2) is 25.3 Å². The van der Waals surface area contributed by atoms with Gasteiger partial charge in [0.25, 0.3) is 5.91 Å². The molecule has 0 aromatic heterocycles. The molecule has 1 aliphatic heterocycles. The van der Waals surface area contributed by atoms with Crippen LogP contribution in [0.4, 0.5) is 4.79 Å². The van der Waals surface area contributed by atoms with Crippen LogP contribution in [0.5, 0.6) is 0 Å². The number of likely N-dealkylation sites (tertiary alicyclic amines) is 1. The summed E-state index contributed by atoms with van der Waals surface area (Å²) in [5, 5.41) is 8.23. The monoisotopic (exact) mass is 586 g/mol. The average molecular weight is 587 g/mol. The normalized spacial score (nSPS) is 24.4. The van der Waals surface area contributed by atoms with E-state index in [0.29, 0.717) is 19.4 Å². The Labute approximate surface area is 250 Å². The molecule has 4 amide bonds. The Kier molecular flexibility index (Phi) is 11.0. The maximum absolute atomic E-state index is 14.2. The fraction of sp³-hybridized carbons (Fsp3) is 0.719. The van der Waals surface area contributed by atoms with Crippen molar-refractivity contribution in [2.75, 3.05) is 13.1 Å². The number of rotatable bonds is 13. The number of hydrogen-bond donors (Lipinski definition) is 3. The number of nitrogens with zero attached hydrogens (tertiary/aromatic N) is 1. The van der Waals surface area contributed by atoms with Crippen molar-refractivity contribution in [2.45, 2.75) is 110 Å². The first-order chi connectivity index (χ1) is 19.7. The van der Waals surface area contributed by atoms with Gasteiger partial charge in [-0.2, -0.15) is 0 Å². The lowest BCUT2D eigenvalue weighted by Gasteiger charge is -2.37. The average Bonchev–Trinajstić information content (AvgIpc) is 3.24. The third kappa shape index (κ3) is 8.01. The molecule has 42 heavy (non-hydrogen) atoms. The molecule has 10 nitrogen and oxygen atoms in total. The van der Waals surface area contributed by atoms with Crippen LogP contribution >= 0.6 is 0 Å². The van der Waals surface area contributed by atoms with Gasteiger partial charge in [0, 0.05) is 13.1 Å². The lowest BCUT2D eigenvalue weighted by molar-refractivity contribution is -0.145. The van der Waals surface area contributed by atoms with Crippen molar-refractivity contribution >= 4 is 29.6 Å². The smallest absolute Gasteiger partial charge is 0.408 e. The van der Waals surface area contributed by atoms with Gasteiger partial charge in [0.2, 0.25) is 17.6 Å². The summed E-state index contributed by atoms with van der Waals surface area (Å²) in [5.74, 6) is -2.29. The van der Waals surface area contributed by atoms with Crippen LogP contribution in [0.25, 0.3) is 0 Å². The summed E-state index contributed by atoms with van der Waals surface area (Å²) in [5.41, 5.74) is -0.878. The van der Waals surface area contributed by atoms with Gasteiger partial charge >= 0.3 is 6.09 Å². The minimum absolute atomic E-state index is 0.0615. The summed E-state index contributed by atoms with van der Waals surface area (Å²) in [6.45, 7) is 17.4. The first kappa shape index (κ1) is 33.3. The number of hydrogen-bond acceptors (Lipinski definition) is 6. The highest BCUT2D eigenvalue weighted by molar-refractivity contribution is 6.38. The van der Waals surface area contributed by atoms with Crippen LogP contribution in [0.2, 0.25) is 0 Å². The van der Waals surface area contributed by atoms with Gasteiger partial charge in [-0.15, -0.1) is 13.2 Å². The second kappa shape index (κ2) is 13.9. The number of ether oxygens (including phenoxy) is 1. The molecule has 2 saturated carbocycles. The van der Waals surface area contributed by atoms with E-state index in [1.165, 1.54) is 0 Å². The van der Waals surface area contributed by atoms with Gasteiger partial charge in [-0.3, -0.25) is 19.2 Å². The standard InChI is InChI=1S/C32H50N4O6/c1-8-10-17-22(26(37)28(39)33-18-11-9-2)34-27(38)25-23-21(32(23,6)7)19-36(25)29(40)24(20-15-13-12-14-16-20)35-30(41)42-31(3,4)5/h8-9,20-25H,1-2,10-19H2,3-7H3,(H,33,39)(H,34,38)(H,35,41)/t21?,22?,23?,24-,25-/m0/s1. The number of carbonyl (C=O) groups excluding carboxylic acids is 5. The maximum Gasteiger partial charge on any atom is 0.408 e. The van der Waals surface area contributed by atoms with Gasteiger partial charge < -0.3 is 25.6 Å². The molecule has 3 aliphatic rings. The van der Waals surface area contributed by atoms with Crippen LogP contribution < -0.4 is 16.0 Å². The first-order valence-corrected chi connectivity index (χ1v) is 15.4. The molecule has 0 aromatic rings. The zero-order valence-corrected chi connectivity index (χ0v) is 26.0. The number of piperidine rings is 1. The lowest BCUT2D eigenvalue weighted by Crippen LogP contribution is -2.59. The summed E-state index contributed by atoms with van der Waals surface area (Å²) >= 11 is 0. The van der Waals surface area contributed by atoms with E-state index < -0.39 is 47.4 Å². The highest BCUT2D eigenvalue weighted by Gasteiger charge is 2.69. The predicted octanol–water partition coefficient (Wildman–Crippen LogP) is 3.66. The molecule has 234 valence electrons. The molecule has 3 unspecified atom stereocenters. The Morgan fingerprint density at radius 1 is 1.00 bits per heavy atom. The van der Waals surface area contributed by atoms with E-state index in [-0.39, 0.29) is 42.0 Å². The van der Waals surface area contributed by atoms with E-state index in [9.17, 15) is 24.0 Å². The van der Waals surface area contributed by atoms with Crippen LogP contribution in [0.3, 0.4) is 0 Å². The van der Waals surface area contributed by atoms with Crippen LogP contribution in [0, 0.1) is 23.2 Å². The summed E-state index contributed by atoms with van der Waals surface area (Å²) in [6, 6.07) is -2.68. The number of amides is 4. The molecule has 3 rings (SSSR count). The fourth-order valence-electron chi connectivity index (χ4n) is 6.62. The van der Waals surface area contributed by atoms with Crippen molar-refractivity contribution in [1.29, 1.82) is 0 Å². The molecule has 10 heteroatoms. The van der Waals surface area contributed by atoms with Crippen molar-refractivity contribution in [3.63, 3.8) is 0 Å². The molecule has 5 atom stereocenters. The van der Waals surface area contributed by atoms with E-state index in [2.05, 4.69) is 43.0 Å². The van der Waals surface area contributed by atoms with Crippen molar-refractivity contribution in [2.24, 2.45) is 23.2 Å². The largest absolute Gasteiger partial charge is 0.444 e. The minimum Gasteiger partial charge on any atom is -0.444 e. The van der Waals surface area contributed by atoms with E-state index in [1.54, 1.807) is 37.8 Å². The van der Waals surface area contributed by atoms with Gasteiger partial charge in [-0.05, 0) is 76.0 Å². The third-order valence-electron chi connectivity index (χ3n) is 8.97. The number of allylic oxidation sites excluding steroid dienone is 1. The zero-order valence-electron chi connectivity index (χ0n) is 26.0. The Bertz CT molecular complexity index is 1060. The number of Topliss-reactive ketones (excluding diaryl/α,β-unsaturated/α-hetero) is 1. The van der Waals surface area contributed by atoms with E-state index in [0.717, 1.165) is 32.1 Å². The quantitative estimate of drug-likeness (QED) is 0.171. The topological polar surface area (TPSA) is 134 Å². The molecule has 0 radical (unpaired) electrons. The maximum atomic E-state index is 14.2. The molecular weight excluding hydrogens is 536 g/mol. The van der Waals surface area contributed by atoms with Gasteiger partial charge in [0.1, 0.15) is 17.7 Å². The van der Waals surface area contributed by atoms with Crippen molar-refractivity contribution in [3.8, 4) is 0 Å². The lowest BCUT2D eigenvalue weighted by atomic mass is 9.83. The number of fused-ring (bicyclic) bond motifs is 1. The first-order valence-electron chi connectivity index (χ1n) is 15.4. The Hall–Kier alpha value is -3.17. The minimum atomic E-state index is -1.05. The Morgan fingerprint density at radius 3 is 2.24 bits per heavy atom. The molecule has 3 fully saturated rings. The van der Waals surface area contributed by atoms with Gasteiger partial charge in [-0.1, -0.05) is 45.3 Å². The number of alkyl carbamates (subject to hydrolysis) is 1. The van der Waals surface area contributed by atoms with Crippen LogP contribution in [-0.2, 0) is 23.9 Å². The molecule has 1 saturated heterocycles. The van der Waals surface area contributed by atoms with Gasteiger partial charge in [0.05, 0.1) is 6.04 Å². The molecular formula is C32H50N4O6. The number of nitrogens with one attached hydrogen (secondary N) is 3. The summed E-state index contributed by atoms with van der Waals surface area (Å²) in [4.78, 5) is 68.1. The zero-order chi connectivity index (χ0) is 31.2. The van der Waals surface area contributed by atoms with Crippen LogP contribution in [-0.4, -0.2) is 71.3 Å². The predicted molar refractivity (Wildman–Crippen MR) is 160 cm³/mol. The van der Waals surface area contributed by atoms with E-state index >= 15 is 0 Å². The fourth-order valence-corrected chi connectivity index (χ4v) is 6.62. The third-order valence-corrected chi connectivity index (χ3v) is 8.97. The second-order valence-corrected chi connectivity index (χ2v) is 13.5. The molecule has 3 N–H and O–H groups in total. The summed E-state index contributed by atoms with van der Waals surface area (Å²) < 4.78 is 5.49. The van der Waals surface area contributed by atoms with Crippen LogP contribution in [0.1, 0.15) is 86.0 Å². The molecule has 0 aromatic carbocycles. The van der Waals surface area contributed by atoms with E-state index in [1.807, 2.05) is 0 Å². The summed E-state index contributed by atoms with van der Waals surface area (Å²) in [7, 11) is 0. The van der Waals surface area contributed by atoms with Gasteiger partial charge in [-0.25, -0.2) is 4.79 Å². The molecule has 0 spiro atoms. The SMILES string of the molecule is C=CCCNC(=O)C(=O)C(CCC=C)NC(=O)[C@@H]1C2C(CN1C(=O)[C@@H](NC(=O)OC(C)(C)C)C1CCCCC1)C2(C)C. The number of ketones is 1. The Morgan fingerprint density at radius 2 is 1.64 bits per heavy atom. The molecule has 0 bridgehead atoms. The van der Waals surface area contributed by atoms with E-state index in [4.69, 9.17) is 4.74 Å². The number of carbonyl (C=O) groups is 5. The highest BCUT2D eigenvalue weighted by Crippen LogP contribution is 2.65.